The van der Waals surface area contributed by atoms with Crippen LogP contribution in [0.3, 0.4) is 0 Å². The van der Waals surface area contributed by atoms with Crippen molar-refractivity contribution in [2.45, 2.75) is 0 Å². The lowest BCUT2D eigenvalue weighted by atomic mass is 10.2. The minimum absolute atomic E-state index is 0.168. The average molecular weight is 397 g/mol. The Bertz CT molecular complexity index is 876. The second kappa shape index (κ2) is 8.63. The van der Waals surface area contributed by atoms with Gasteiger partial charge in [-0.1, -0.05) is 34.8 Å². The largest absolute Gasteiger partial charge is 0.495 e. The number of benzene rings is 2. The second-order valence-corrected chi connectivity index (χ2v) is 6.02. The van der Waals surface area contributed by atoms with E-state index in [9.17, 15) is 10.1 Å². The Kier molecular flexibility index (Phi) is 6.54. The van der Waals surface area contributed by atoms with Crippen molar-refractivity contribution in [1.29, 1.82) is 5.26 Å². The SMILES string of the molecule is COc1ccc(Cl)cc1NC(=O)/C(C#N)=C\Nc1cc(Cl)ccc1Cl. The molecule has 0 radical (unpaired) electrons. The number of hydrogen-bond acceptors (Lipinski definition) is 4. The van der Waals surface area contributed by atoms with Crippen LogP contribution in [0, 0.1) is 11.3 Å². The number of methoxy groups -OCH3 is 1. The number of nitrogens with one attached hydrogen (secondary N) is 2. The number of rotatable bonds is 5. The molecule has 0 saturated heterocycles. The van der Waals surface area contributed by atoms with Gasteiger partial charge in [0.15, 0.2) is 0 Å². The van der Waals surface area contributed by atoms with Crippen LogP contribution in [0.25, 0.3) is 0 Å². The van der Waals surface area contributed by atoms with Crippen molar-refractivity contribution in [1.82, 2.24) is 0 Å². The topological polar surface area (TPSA) is 74.1 Å². The molecule has 0 saturated carbocycles. The van der Waals surface area contributed by atoms with Gasteiger partial charge in [-0.05, 0) is 36.4 Å². The maximum atomic E-state index is 12.3. The molecule has 2 N–H and O–H groups in total. The number of halogens is 3. The predicted octanol–water partition coefficient (Wildman–Crippen LogP) is 5.11. The van der Waals surface area contributed by atoms with E-state index in [0.29, 0.717) is 32.2 Å². The van der Waals surface area contributed by atoms with Crippen molar-refractivity contribution in [2.24, 2.45) is 0 Å². The lowest BCUT2D eigenvalue weighted by molar-refractivity contribution is -0.112. The van der Waals surface area contributed by atoms with Crippen molar-refractivity contribution >= 4 is 52.1 Å². The Hall–Kier alpha value is -2.39. The molecule has 0 unspecified atom stereocenters. The van der Waals surface area contributed by atoms with Crippen LogP contribution in [0.2, 0.25) is 15.1 Å². The summed E-state index contributed by atoms with van der Waals surface area (Å²) in [5.41, 5.74) is 0.648. The highest BCUT2D eigenvalue weighted by Gasteiger charge is 2.13. The molecule has 8 heteroatoms. The smallest absolute Gasteiger partial charge is 0.267 e. The number of amides is 1. The summed E-state index contributed by atoms with van der Waals surface area (Å²) in [5, 5.41) is 15.9. The van der Waals surface area contributed by atoms with Crippen molar-refractivity contribution in [3.63, 3.8) is 0 Å². The van der Waals surface area contributed by atoms with Crippen LogP contribution in [0.15, 0.2) is 48.2 Å². The highest BCUT2D eigenvalue weighted by molar-refractivity contribution is 6.35. The highest BCUT2D eigenvalue weighted by Crippen LogP contribution is 2.28. The number of anilines is 2. The summed E-state index contributed by atoms with van der Waals surface area (Å²) < 4.78 is 5.15. The molecule has 0 aliphatic heterocycles. The molecule has 128 valence electrons. The third-order valence-electron chi connectivity index (χ3n) is 3.08. The standard InChI is InChI=1S/C17H12Cl3N3O2/c1-25-16-5-3-12(19)7-15(16)23-17(24)10(8-21)9-22-14-6-11(18)2-4-13(14)20/h2-7,9,22H,1H3,(H,23,24)/b10-9-. The van der Waals surface area contributed by atoms with Crippen LogP contribution in [0.1, 0.15) is 0 Å². The van der Waals surface area contributed by atoms with Crippen LogP contribution in [-0.2, 0) is 4.79 Å². The summed E-state index contributed by atoms with van der Waals surface area (Å²) in [4.78, 5) is 12.3. The van der Waals surface area contributed by atoms with E-state index in [0.717, 1.165) is 0 Å². The molecule has 0 aliphatic carbocycles. The molecule has 0 fully saturated rings. The molecule has 25 heavy (non-hydrogen) atoms. The summed E-state index contributed by atoms with van der Waals surface area (Å²) in [5.74, 6) is -0.213. The van der Waals surface area contributed by atoms with Crippen LogP contribution < -0.4 is 15.4 Å². The summed E-state index contributed by atoms with van der Waals surface area (Å²) in [6.07, 6.45) is 1.24. The molecule has 2 aromatic rings. The normalized spacial score (nSPS) is 10.8. The molecule has 0 spiro atoms. The first-order valence-electron chi connectivity index (χ1n) is 6.91. The maximum absolute atomic E-state index is 12.3. The molecule has 0 heterocycles. The molecule has 0 aromatic heterocycles. The first-order valence-corrected chi connectivity index (χ1v) is 8.04. The van der Waals surface area contributed by atoms with Gasteiger partial charge in [0.25, 0.3) is 5.91 Å². The van der Waals surface area contributed by atoms with Crippen molar-refractivity contribution in [3.8, 4) is 11.8 Å². The third-order valence-corrected chi connectivity index (χ3v) is 3.87. The van der Waals surface area contributed by atoms with E-state index in [-0.39, 0.29) is 5.57 Å². The van der Waals surface area contributed by atoms with E-state index in [1.54, 1.807) is 30.3 Å². The average Bonchev–Trinajstić information content (AvgIpc) is 2.58. The summed E-state index contributed by atoms with van der Waals surface area (Å²) in [6, 6.07) is 11.4. The Morgan fingerprint density at radius 1 is 1.12 bits per heavy atom. The van der Waals surface area contributed by atoms with Crippen molar-refractivity contribution in [3.05, 3.63) is 63.2 Å². The van der Waals surface area contributed by atoms with Gasteiger partial charge in [0.05, 0.1) is 23.5 Å². The van der Waals surface area contributed by atoms with E-state index < -0.39 is 5.91 Å². The fourth-order valence-electron chi connectivity index (χ4n) is 1.87. The Morgan fingerprint density at radius 2 is 1.76 bits per heavy atom. The number of nitrogens with zero attached hydrogens (tertiary/aromatic N) is 1. The summed E-state index contributed by atoms with van der Waals surface area (Å²) in [7, 11) is 1.46. The van der Waals surface area contributed by atoms with Gasteiger partial charge in [-0.15, -0.1) is 0 Å². The van der Waals surface area contributed by atoms with E-state index >= 15 is 0 Å². The van der Waals surface area contributed by atoms with Gasteiger partial charge in [-0.25, -0.2) is 0 Å². The van der Waals surface area contributed by atoms with Crippen LogP contribution in [0.4, 0.5) is 11.4 Å². The molecule has 5 nitrogen and oxygen atoms in total. The Balaban J connectivity index is 2.20. The third kappa shape index (κ3) is 5.04. The van der Waals surface area contributed by atoms with Crippen molar-refractivity contribution < 1.29 is 9.53 Å². The van der Waals surface area contributed by atoms with E-state index in [1.807, 2.05) is 6.07 Å². The van der Waals surface area contributed by atoms with Gasteiger partial charge in [0.2, 0.25) is 0 Å². The fourth-order valence-corrected chi connectivity index (χ4v) is 2.39. The van der Waals surface area contributed by atoms with Crippen molar-refractivity contribution in [2.75, 3.05) is 17.7 Å². The summed E-state index contributed by atoms with van der Waals surface area (Å²) in [6.45, 7) is 0. The first-order chi connectivity index (χ1) is 11.9. The van der Waals surface area contributed by atoms with Gasteiger partial charge in [0, 0.05) is 16.2 Å². The van der Waals surface area contributed by atoms with Crippen LogP contribution >= 0.6 is 34.8 Å². The molecule has 0 bridgehead atoms. The molecular weight excluding hydrogens is 385 g/mol. The zero-order valence-corrected chi connectivity index (χ0v) is 15.2. The molecule has 2 rings (SSSR count). The zero-order chi connectivity index (χ0) is 18.4. The van der Waals surface area contributed by atoms with Gasteiger partial charge in [-0.2, -0.15) is 5.26 Å². The summed E-state index contributed by atoms with van der Waals surface area (Å²) >= 11 is 17.8. The van der Waals surface area contributed by atoms with Gasteiger partial charge < -0.3 is 15.4 Å². The monoisotopic (exact) mass is 395 g/mol. The number of hydrogen-bond donors (Lipinski definition) is 2. The molecule has 1 amide bonds. The molecule has 0 atom stereocenters. The minimum Gasteiger partial charge on any atom is -0.495 e. The van der Waals surface area contributed by atoms with E-state index in [2.05, 4.69) is 10.6 Å². The Labute approximate surface area is 159 Å². The molecule has 2 aromatic carbocycles. The quantitative estimate of drug-likeness (QED) is 0.544. The maximum Gasteiger partial charge on any atom is 0.267 e. The molecular formula is C17H12Cl3N3O2. The van der Waals surface area contributed by atoms with Crippen LogP contribution in [-0.4, -0.2) is 13.0 Å². The Morgan fingerprint density at radius 3 is 2.40 bits per heavy atom. The van der Waals surface area contributed by atoms with Gasteiger partial charge in [0.1, 0.15) is 17.4 Å². The predicted molar refractivity (Wildman–Crippen MR) is 100 cm³/mol. The lowest BCUT2D eigenvalue weighted by Crippen LogP contribution is -2.15. The van der Waals surface area contributed by atoms with E-state index in [1.165, 1.54) is 19.4 Å². The van der Waals surface area contributed by atoms with E-state index in [4.69, 9.17) is 39.5 Å². The minimum atomic E-state index is -0.631. The lowest BCUT2D eigenvalue weighted by Gasteiger charge is -2.10. The van der Waals surface area contributed by atoms with Gasteiger partial charge >= 0.3 is 0 Å². The number of carbonyl (C=O) groups excluding carboxylic acids is 1. The number of nitriles is 1. The number of carbonyl (C=O) groups is 1. The second-order valence-electron chi connectivity index (χ2n) is 4.74. The molecule has 0 aliphatic rings. The fraction of sp³-hybridized carbons (Fsp3) is 0.0588. The highest BCUT2D eigenvalue weighted by atomic mass is 35.5. The van der Waals surface area contributed by atoms with Crippen LogP contribution in [0.5, 0.6) is 5.75 Å². The first kappa shape index (κ1) is 18.9. The number of ether oxygens (including phenoxy) is 1. The van der Waals surface area contributed by atoms with Gasteiger partial charge in [-0.3, -0.25) is 4.79 Å². The zero-order valence-electron chi connectivity index (χ0n) is 12.9.